The molecule has 1 aromatic carbocycles. The van der Waals surface area contributed by atoms with Gasteiger partial charge in [-0.3, -0.25) is 4.79 Å². The number of hydrogen-bond donors (Lipinski definition) is 2. The van der Waals surface area contributed by atoms with Crippen molar-refractivity contribution >= 4 is 11.6 Å². The van der Waals surface area contributed by atoms with Gasteiger partial charge in [-0.2, -0.15) is 0 Å². The first-order valence-electron chi connectivity index (χ1n) is 6.08. The van der Waals surface area contributed by atoms with Crippen LogP contribution in [0.1, 0.15) is 19.3 Å². The largest absolute Gasteiger partial charge is 0.330 e. The summed E-state index contributed by atoms with van der Waals surface area (Å²) in [6, 6.07) is 3.34. The SMILES string of the molecule is NC[C@H]1CCC[C@H]1C(=O)Nc1ccc(F)c(F)c1. The summed E-state index contributed by atoms with van der Waals surface area (Å²) in [6.07, 6.45) is 2.74. The van der Waals surface area contributed by atoms with E-state index >= 15 is 0 Å². The van der Waals surface area contributed by atoms with Gasteiger partial charge in [-0.15, -0.1) is 0 Å². The standard InChI is InChI=1S/C13H16F2N2O/c14-11-5-4-9(6-12(11)15)17-13(18)10-3-1-2-8(10)7-16/h4-6,8,10H,1-3,7,16H2,(H,17,18)/t8-,10-/m1/s1. The maximum absolute atomic E-state index is 13.0. The number of rotatable bonds is 3. The van der Waals surface area contributed by atoms with Crippen LogP contribution in [0.2, 0.25) is 0 Å². The lowest BCUT2D eigenvalue weighted by Crippen LogP contribution is -2.29. The Balaban J connectivity index is 2.04. The van der Waals surface area contributed by atoms with Crippen LogP contribution in [-0.2, 0) is 4.79 Å². The average molecular weight is 254 g/mol. The van der Waals surface area contributed by atoms with Gasteiger partial charge in [-0.25, -0.2) is 8.78 Å². The predicted octanol–water partition coefficient (Wildman–Crippen LogP) is 2.28. The van der Waals surface area contributed by atoms with Gasteiger partial charge >= 0.3 is 0 Å². The quantitative estimate of drug-likeness (QED) is 0.869. The Bertz CT molecular complexity index is 451. The van der Waals surface area contributed by atoms with Crippen molar-refractivity contribution < 1.29 is 13.6 Å². The minimum absolute atomic E-state index is 0.122. The summed E-state index contributed by atoms with van der Waals surface area (Å²) in [7, 11) is 0. The van der Waals surface area contributed by atoms with Gasteiger partial charge in [0.1, 0.15) is 0 Å². The molecule has 0 spiro atoms. The molecule has 3 nitrogen and oxygen atoms in total. The van der Waals surface area contributed by atoms with Gasteiger partial charge < -0.3 is 11.1 Å². The number of benzene rings is 1. The maximum Gasteiger partial charge on any atom is 0.227 e. The van der Waals surface area contributed by atoms with Gasteiger partial charge in [0.05, 0.1) is 0 Å². The molecule has 2 atom stereocenters. The van der Waals surface area contributed by atoms with E-state index < -0.39 is 11.6 Å². The van der Waals surface area contributed by atoms with E-state index in [1.807, 2.05) is 0 Å². The zero-order valence-electron chi connectivity index (χ0n) is 9.96. The third-order valence-corrected chi connectivity index (χ3v) is 3.49. The molecule has 0 radical (unpaired) electrons. The van der Waals surface area contributed by atoms with Crippen LogP contribution in [0.15, 0.2) is 18.2 Å². The lowest BCUT2D eigenvalue weighted by molar-refractivity contribution is -0.120. The molecule has 2 rings (SSSR count). The molecule has 0 saturated heterocycles. The lowest BCUT2D eigenvalue weighted by Gasteiger charge is -2.17. The highest BCUT2D eigenvalue weighted by Crippen LogP contribution is 2.31. The second-order valence-electron chi connectivity index (χ2n) is 4.65. The van der Waals surface area contributed by atoms with E-state index in [9.17, 15) is 13.6 Å². The zero-order valence-corrected chi connectivity index (χ0v) is 9.96. The van der Waals surface area contributed by atoms with Crippen molar-refractivity contribution in [1.29, 1.82) is 0 Å². The second kappa shape index (κ2) is 5.44. The number of halogens is 2. The van der Waals surface area contributed by atoms with Crippen molar-refractivity contribution in [3.05, 3.63) is 29.8 Å². The van der Waals surface area contributed by atoms with Crippen molar-refractivity contribution in [3.8, 4) is 0 Å². The van der Waals surface area contributed by atoms with E-state index in [1.165, 1.54) is 6.07 Å². The number of nitrogens with one attached hydrogen (secondary N) is 1. The highest BCUT2D eigenvalue weighted by atomic mass is 19.2. The minimum atomic E-state index is -0.963. The molecule has 1 saturated carbocycles. The van der Waals surface area contributed by atoms with Crippen LogP contribution in [-0.4, -0.2) is 12.5 Å². The highest BCUT2D eigenvalue weighted by Gasteiger charge is 2.31. The van der Waals surface area contributed by atoms with Crippen molar-refractivity contribution in [2.45, 2.75) is 19.3 Å². The third kappa shape index (κ3) is 2.67. The van der Waals surface area contributed by atoms with Gasteiger partial charge in [0, 0.05) is 17.7 Å². The summed E-state index contributed by atoms with van der Waals surface area (Å²) in [5, 5.41) is 2.62. The van der Waals surface area contributed by atoms with Crippen LogP contribution in [0.3, 0.4) is 0 Å². The van der Waals surface area contributed by atoms with E-state index in [-0.39, 0.29) is 23.4 Å². The monoisotopic (exact) mass is 254 g/mol. The van der Waals surface area contributed by atoms with Gasteiger partial charge in [-0.1, -0.05) is 6.42 Å². The number of carbonyl (C=O) groups excluding carboxylic acids is 1. The summed E-state index contributed by atoms with van der Waals surface area (Å²) < 4.78 is 25.8. The van der Waals surface area contributed by atoms with Crippen LogP contribution in [0, 0.1) is 23.5 Å². The summed E-state index contributed by atoms with van der Waals surface area (Å²) in [6.45, 7) is 0.482. The molecule has 0 aromatic heterocycles. The average Bonchev–Trinajstić information content (AvgIpc) is 2.82. The molecule has 1 amide bonds. The molecule has 98 valence electrons. The first-order chi connectivity index (χ1) is 8.61. The summed E-state index contributed by atoms with van der Waals surface area (Å²) in [5.41, 5.74) is 5.89. The molecule has 1 aromatic rings. The molecule has 1 aliphatic carbocycles. The minimum Gasteiger partial charge on any atom is -0.330 e. The molecule has 0 heterocycles. The van der Waals surface area contributed by atoms with Crippen LogP contribution in [0.4, 0.5) is 14.5 Å². The number of anilines is 1. The molecule has 0 aliphatic heterocycles. The van der Waals surface area contributed by atoms with Gasteiger partial charge in [0.2, 0.25) is 5.91 Å². The Kier molecular flexibility index (Phi) is 3.91. The number of amides is 1. The number of nitrogens with two attached hydrogens (primary N) is 1. The molecule has 1 aliphatic rings. The maximum atomic E-state index is 13.0. The Hall–Kier alpha value is -1.49. The molecule has 18 heavy (non-hydrogen) atoms. The zero-order chi connectivity index (χ0) is 13.1. The topological polar surface area (TPSA) is 55.1 Å². The summed E-state index contributed by atoms with van der Waals surface area (Å²) >= 11 is 0. The van der Waals surface area contributed by atoms with Crippen molar-refractivity contribution in [3.63, 3.8) is 0 Å². The molecular formula is C13H16F2N2O. The fourth-order valence-corrected chi connectivity index (χ4v) is 2.47. The predicted molar refractivity (Wildman–Crippen MR) is 64.9 cm³/mol. The van der Waals surface area contributed by atoms with Crippen LogP contribution in [0.25, 0.3) is 0 Å². The number of carbonyl (C=O) groups is 1. The fraction of sp³-hybridized carbons (Fsp3) is 0.462. The van der Waals surface area contributed by atoms with Crippen molar-refractivity contribution in [2.75, 3.05) is 11.9 Å². The van der Waals surface area contributed by atoms with Crippen molar-refractivity contribution in [1.82, 2.24) is 0 Å². The fourth-order valence-electron chi connectivity index (χ4n) is 2.47. The summed E-state index contributed by atoms with van der Waals surface area (Å²) in [5.74, 6) is -1.98. The summed E-state index contributed by atoms with van der Waals surface area (Å²) in [4.78, 5) is 12.0. The van der Waals surface area contributed by atoms with E-state index in [2.05, 4.69) is 5.32 Å². The van der Waals surface area contributed by atoms with Crippen molar-refractivity contribution in [2.24, 2.45) is 17.6 Å². The Morgan fingerprint density at radius 2 is 2.11 bits per heavy atom. The first-order valence-corrected chi connectivity index (χ1v) is 6.08. The number of hydrogen-bond acceptors (Lipinski definition) is 2. The smallest absolute Gasteiger partial charge is 0.227 e. The first kappa shape index (κ1) is 13.0. The van der Waals surface area contributed by atoms with Crippen LogP contribution < -0.4 is 11.1 Å². The van der Waals surface area contributed by atoms with Crippen LogP contribution >= 0.6 is 0 Å². The van der Waals surface area contributed by atoms with Gasteiger partial charge in [0.15, 0.2) is 11.6 Å². The molecule has 5 heteroatoms. The molecule has 0 unspecified atom stereocenters. The molecule has 3 N–H and O–H groups in total. The highest BCUT2D eigenvalue weighted by molar-refractivity contribution is 5.92. The van der Waals surface area contributed by atoms with E-state index in [4.69, 9.17) is 5.73 Å². The van der Waals surface area contributed by atoms with E-state index in [1.54, 1.807) is 0 Å². The normalized spacial score (nSPS) is 23.1. The molecule has 1 fully saturated rings. The van der Waals surface area contributed by atoms with Gasteiger partial charge in [0.25, 0.3) is 0 Å². The van der Waals surface area contributed by atoms with Crippen LogP contribution in [0.5, 0.6) is 0 Å². The Labute approximate surface area is 104 Å². The van der Waals surface area contributed by atoms with E-state index in [0.29, 0.717) is 6.54 Å². The molecular weight excluding hydrogens is 238 g/mol. The van der Waals surface area contributed by atoms with E-state index in [0.717, 1.165) is 31.4 Å². The second-order valence-corrected chi connectivity index (χ2v) is 4.65. The Morgan fingerprint density at radius 3 is 2.78 bits per heavy atom. The Morgan fingerprint density at radius 1 is 1.33 bits per heavy atom. The lowest BCUT2D eigenvalue weighted by atomic mass is 9.95. The van der Waals surface area contributed by atoms with Gasteiger partial charge in [-0.05, 0) is 37.4 Å². The third-order valence-electron chi connectivity index (χ3n) is 3.49. The molecule has 0 bridgehead atoms.